The van der Waals surface area contributed by atoms with Gasteiger partial charge in [-0.15, -0.1) is 0 Å². The van der Waals surface area contributed by atoms with Crippen LogP contribution in [0.25, 0.3) is 22.2 Å². The van der Waals surface area contributed by atoms with Crippen LogP contribution in [0.3, 0.4) is 0 Å². The van der Waals surface area contributed by atoms with Crippen molar-refractivity contribution < 1.29 is 14.6 Å². The van der Waals surface area contributed by atoms with E-state index >= 15 is 0 Å². The molecule has 0 radical (unpaired) electrons. The Bertz CT molecular complexity index is 1110. The topological polar surface area (TPSA) is 59.8 Å². The van der Waals surface area contributed by atoms with Crippen molar-refractivity contribution in [1.29, 1.82) is 0 Å². The number of hydrogen-bond acceptors (Lipinski definition) is 5. The third kappa shape index (κ3) is 6.53. The van der Waals surface area contributed by atoms with E-state index in [1.807, 2.05) is 24.4 Å². The van der Waals surface area contributed by atoms with Gasteiger partial charge in [0.25, 0.3) is 0 Å². The summed E-state index contributed by atoms with van der Waals surface area (Å²) < 4.78 is 14.7. The van der Waals surface area contributed by atoms with Crippen molar-refractivity contribution in [1.82, 2.24) is 14.5 Å². The van der Waals surface area contributed by atoms with Crippen LogP contribution in [0.1, 0.15) is 25.3 Å². The molecular weight excluding hydrogens is 454 g/mol. The number of piperidine rings is 1. The molecule has 1 aliphatic heterocycles. The van der Waals surface area contributed by atoms with Crippen LogP contribution in [-0.2, 0) is 18.1 Å². The van der Waals surface area contributed by atoms with Crippen molar-refractivity contribution in [2.24, 2.45) is 5.41 Å². The molecule has 1 fully saturated rings. The largest absolute Gasteiger partial charge is 0.492 e. The number of aromatic nitrogens is 2. The molecule has 3 heterocycles. The Hall–Kier alpha value is -2.19. The van der Waals surface area contributed by atoms with Gasteiger partial charge >= 0.3 is 0 Å². The van der Waals surface area contributed by atoms with E-state index in [4.69, 9.17) is 14.5 Å². The molecule has 1 saturated heterocycles. The number of pyridine rings is 1. The highest BCUT2D eigenvalue weighted by Gasteiger charge is 2.30. The van der Waals surface area contributed by atoms with Gasteiger partial charge in [-0.2, -0.15) is 0 Å². The smallest absolute Gasteiger partial charge is 0.146 e. The fourth-order valence-electron chi connectivity index (χ4n) is 4.51. The maximum absolute atomic E-state index is 9.48. The van der Waals surface area contributed by atoms with Crippen LogP contribution in [-0.4, -0.2) is 61.0 Å². The van der Waals surface area contributed by atoms with Crippen molar-refractivity contribution in [3.63, 3.8) is 0 Å². The molecular formula is C28H41N3O3Si. The Balaban J connectivity index is 1.64. The van der Waals surface area contributed by atoms with Gasteiger partial charge in [-0.3, -0.25) is 0 Å². The number of aliphatic hydroxyl groups is 1. The Morgan fingerprint density at radius 1 is 1.09 bits per heavy atom. The lowest BCUT2D eigenvalue weighted by Crippen LogP contribution is -2.39. The number of rotatable bonds is 10. The van der Waals surface area contributed by atoms with Crippen LogP contribution in [0.15, 0.2) is 42.7 Å². The molecule has 2 aromatic heterocycles. The van der Waals surface area contributed by atoms with Gasteiger partial charge < -0.3 is 24.0 Å². The standard InChI is InChI=1S/C28H41N3O3Si/c1-28(11-14-30(2)15-12-28)20-34-25-10-13-29-27-26(25)24(23-8-6-22(19-32)7-9-23)18-31(27)21-33-16-17-35(3,4)5/h6-10,13,18,32H,11-12,14-17,19-21H2,1-5H3. The van der Waals surface area contributed by atoms with Crippen molar-refractivity contribution in [2.45, 2.75) is 58.8 Å². The minimum Gasteiger partial charge on any atom is -0.492 e. The minimum atomic E-state index is -1.15. The molecule has 0 aliphatic carbocycles. The monoisotopic (exact) mass is 495 g/mol. The highest BCUT2D eigenvalue weighted by Crippen LogP contribution is 2.38. The Kier molecular flexibility index (Phi) is 8.01. The van der Waals surface area contributed by atoms with Gasteiger partial charge in [0, 0.05) is 38.1 Å². The SMILES string of the molecule is CN1CCC(C)(COc2ccnc3c2c(-c2ccc(CO)cc2)cn3COCC[Si](C)(C)C)CC1. The molecule has 4 rings (SSSR count). The molecule has 0 atom stereocenters. The zero-order valence-corrected chi connectivity index (χ0v) is 23.0. The fraction of sp³-hybridized carbons (Fsp3) is 0.536. The Morgan fingerprint density at radius 3 is 2.46 bits per heavy atom. The van der Waals surface area contributed by atoms with E-state index in [0.29, 0.717) is 13.3 Å². The summed E-state index contributed by atoms with van der Waals surface area (Å²) in [5.74, 6) is 0.872. The van der Waals surface area contributed by atoms with Crippen LogP contribution in [0.4, 0.5) is 0 Å². The first-order valence-corrected chi connectivity index (χ1v) is 16.5. The van der Waals surface area contributed by atoms with E-state index in [1.54, 1.807) is 0 Å². The Morgan fingerprint density at radius 2 is 1.80 bits per heavy atom. The molecule has 0 bridgehead atoms. The average Bonchev–Trinajstić information content (AvgIpc) is 3.21. The lowest BCUT2D eigenvalue weighted by atomic mass is 9.81. The van der Waals surface area contributed by atoms with Crippen molar-refractivity contribution in [3.8, 4) is 16.9 Å². The molecule has 7 heteroatoms. The van der Waals surface area contributed by atoms with Crippen molar-refractivity contribution in [2.75, 3.05) is 33.4 Å². The highest BCUT2D eigenvalue weighted by atomic mass is 28.3. The predicted octanol–water partition coefficient (Wildman–Crippen LogP) is 5.62. The summed E-state index contributed by atoms with van der Waals surface area (Å²) in [6.45, 7) is 13.6. The molecule has 3 aromatic rings. The average molecular weight is 496 g/mol. The van der Waals surface area contributed by atoms with E-state index in [1.165, 1.54) is 0 Å². The second-order valence-corrected chi connectivity index (χ2v) is 17.2. The number of nitrogens with zero attached hydrogens (tertiary/aromatic N) is 3. The summed E-state index contributed by atoms with van der Waals surface area (Å²) in [7, 11) is 1.04. The Labute approximate surface area is 210 Å². The van der Waals surface area contributed by atoms with E-state index in [2.05, 4.69) is 61.4 Å². The number of hydrogen-bond donors (Lipinski definition) is 1. The summed E-state index contributed by atoms with van der Waals surface area (Å²) in [4.78, 5) is 7.13. The zero-order valence-electron chi connectivity index (χ0n) is 22.0. The van der Waals surface area contributed by atoms with E-state index in [0.717, 1.165) is 72.1 Å². The number of ether oxygens (including phenoxy) is 2. The summed E-state index contributed by atoms with van der Waals surface area (Å²) in [6, 6.07) is 11.2. The van der Waals surface area contributed by atoms with Crippen LogP contribution < -0.4 is 4.74 Å². The molecule has 1 aromatic carbocycles. The second-order valence-electron chi connectivity index (χ2n) is 11.6. The first-order valence-electron chi connectivity index (χ1n) is 12.7. The molecule has 1 aliphatic rings. The first-order chi connectivity index (χ1) is 16.7. The first kappa shape index (κ1) is 25.9. The lowest BCUT2D eigenvalue weighted by molar-refractivity contribution is 0.0810. The number of aliphatic hydroxyl groups excluding tert-OH is 1. The highest BCUT2D eigenvalue weighted by molar-refractivity contribution is 6.76. The molecule has 6 nitrogen and oxygen atoms in total. The molecule has 0 spiro atoms. The van der Waals surface area contributed by atoms with Gasteiger partial charge in [0.05, 0.1) is 18.6 Å². The van der Waals surface area contributed by atoms with Crippen molar-refractivity contribution in [3.05, 3.63) is 48.3 Å². The zero-order chi connectivity index (χ0) is 25.1. The lowest BCUT2D eigenvalue weighted by Gasteiger charge is -2.37. The van der Waals surface area contributed by atoms with Crippen LogP contribution in [0.2, 0.25) is 25.7 Å². The second kappa shape index (κ2) is 10.8. The quantitative estimate of drug-likeness (QED) is 0.292. The summed E-state index contributed by atoms with van der Waals surface area (Å²) in [6.07, 6.45) is 6.24. The molecule has 0 unspecified atom stereocenters. The van der Waals surface area contributed by atoms with E-state index in [-0.39, 0.29) is 12.0 Å². The van der Waals surface area contributed by atoms with Gasteiger partial charge in [-0.1, -0.05) is 50.8 Å². The molecule has 0 saturated carbocycles. The number of benzene rings is 1. The summed E-state index contributed by atoms with van der Waals surface area (Å²) >= 11 is 0. The number of fused-ring (bicyclic) bond motifs is 1. The predicted molar refractivity (Wildman–Crippen MR) is 146 cm³/mol. The third-order valence-corrected chi connectivity index (χ3v) is 8.87. The minimum absolute atomic E-state index is 0.0384. The van der Waals surface area contributed by atoms with Gasteiger partial charge in [-0.25, -0.2) is 4.98 Å². The van der Waals surface area contributed by atoms with Gasteiger partial charge in [-0.05, 0) is 56.2 Å². The fourth-order valence-corrected chi connectivity index (χ4v) is 5.27. The maximum atomic E-state index is 9.48. The molecule has 0 amide bonds. The van der Waals surface area contributed by atoms with Crippen LogP contribution >= 0.6 is 0 Å². The molecule has 190 valence electrons. The van der Waals surface area contributed by atoms with Gasteiger partial charge in [0.1, 0.15) is 18.1 Å². The molecule has 35 heavy (non-hydrogen) atoms. The maximum Gasteiger partial charge on any atom is 0.146 e. The normalized spacial score (nSPS) is 16.6. The van der Waals surface area contributed by atoms with Gasteiger partial charge in [0.2, 0.25) is 0 Å². The van der Waals surface area contributed by atoms with Crippen LogP contribution in [0, 0.1) is 5.41 Å². The molecule has 1 N–H and O–H groups in total. The summed E-state index contributed by atoms with van der Waals surface area (Å²) in [5.41, 5.74) is 4.11. The number of likely N-dealkylation sites (tertiary alicyclic amines) is 1. The third-order valence-electron chi connectivity index (χ3n) is 7.16. The van der Waals surface area contributed by atoms with Crippen molar-refractivity contribution >= 4 is 19.1 Å². The van der Waals surface area contributed by atoms with E-state index < -0.39 is 8.07 Å². The van der Waals surface area contributed by atoms with E-state index in [9.17, 15) is 5.11 Å². The van der Waals surface area contributed by atoms with Gasteiger partial charge in [0.15, 0.2) is 0 Å². The van der Waals surface area contributed by atoms with Crippen LogP contribution in [0.5, 0.6) is 5.75 Å². The summed E-state index contributed by atoms with van der Waals surface area (Å²) in [5, 5.41) is 10.5.